The van der Waals surface area contributed by atoms with Crippen molar-refractivity contribution in [1.82, 2.24) is 4.90 Å². The molecular weight excluding hydrogens is 330 g/mol. The number of halogens is 1. The van der Waals surface area contributed by atoms with Crippen LogP contribution in [0.5, 0.6) is 0 Å². The van der Waals surface area contributed by atoms with Crippen molar-refractivity contribution in [3.05, 3.63) is 20.8 Å². The number of thiophene rings is 1. The number of carboxylic acids is 1. The van der Waals surface area contributed by atoms with Crippen LogP contribution in [0.25, 0.3) is 0 Å². The van der Waals surface area contributed by atoms with E-state index in [2.05, 4.69) is 15.9 Å². The highest BCUT2D eigenvalue weighted by atomic mass is 79.9. The maximum absolute atomic E-state index is 12.3. The van der Waals surface area contributed by atoms with Crippen LogP contribution in [-0.4, -0.2) is 28.9 Å². The number of amides is 1. The Morgan fingerprint density at radius 3 is 2.53 bits per heavy atom. The zero-order valence-corrected chi connectivity index (χ0v) is 13.4. The Bertz CT molecular complexity index is 526. The van der Waals surface area contributed by atoms with E-state index >= 15 is 0 Å². The summed E-state index contributed by atoms with van der Waals surface area (Å²) in [6.45, 7) is 4.19. The van der Waals surface area contributed by atoms with Crippen molar-refractivity contribution in [3.8, 4) is 0 Å². The molecule has 104 valence electrons. The van der Waals surface area contributed by atoms with Gasteiger partial charge in [-0.25, -0.2) is 0 Å². The van der Waals surface area contributed by atoms with Gasteiger partial charge < -0.3 is 10.0 Å². The molecule has 1 aromatic rings. The molecule has 2 rings (SSSR count). The average Bonchev–Trinajstić information content (AvgIpc) is 2.63. The van der Waals surface area contributed by atoms with Gasteiger partial charge in [-0.15, -0.1) is 11.3 Å². The Labute approximate surface area is 124 Å². The van der Waals surface area contributed by atoms with E-state index in [1.807, 2.05) is 25.3 Å². The second-order valence-corrected chi connectivity index (χ2v) is 7.86. The first kappa shape index (κ1) is 14.5. The van der Waals surface area contributed by atoms with Gasteiger partial charge >= 0.3 is 5.97 Å². The first-order valence-corrected chi connectivity index (χ1v) is 7.63. The number of carbonyl (C=O) groups excluding carboxylic acids is 1. The van der Waals surface area contributed by atoms with Gasteiger partial charge in [0.15, 0.2) is 0 Å². The lowest BCUT2D eigenvalue weighted by atomic mass is 10.1. The molecule has 2 atom stereocenters. The molecule has 1 N–H and O–H groups in total. The summed E-state index contributed by atoms with van der Waals surface area (Å²) in [7, 11) is 1.72. The van der Waals surface area contributed by atoms with Gasteiger partial charge in [-0.3, -0.25) is 9.59 Å². The number of aliphatic carboxylic acids is 1. The molecule has 4 nitrogen and oxygen atoms in total. The molecule has 0 spiro atoms. The minimum Gasteiger partial charge on any atom is -0.481 e. The van der Waals surface area contributed by atoms with Gasteiger partial charge in [-0.2, -0.15) is 0 Å². The van der Waals surface area contributed by atoms with Crippen molar-refractivity contribution < 1.29 is 14.7 Å². The van der Waals surface area contributed by atoms with Crippen LogP contribution in [0.1, 0.15) is 19.4 Å². The van der Waals surface area contributed by atoms with Crippen LogP contribution in [0.4, 0.5) is 0 Å². The fourth-order valence-electron chi connectivity index (χ4n) is 2.58. The number of carboxylic acid groups (broad SMARTS) is 1. The predicted octanol–water partition coefficient (Wildman–Crippen LogP) is 2.83. The zero-order valence-electron chi connectivity index (χ0n) is 11.0. The summed E-state index contributed by atoms with van der Waals surface area (Å²) in [5.74, 6) is -1.93. The first-order chi connectivity index (χ1) is 8.75. The molecule has 1 aromatic heterocycles. The molecule has 0 aliphatic heterocycles. The largest absolute Gasteiger partial charge is 0.481 e. The molecule has 0 saturated heterocycles. The van der Waals surface area contributed by atoms with Gasteiger partial charge in [-0.1, -0.05) is 13.8 Å². The maximum Gasteiger partial charge on any atom is 0.307 e. The average molecular weight is 346 g/mol. The quantitative estimate of drug-likeness (QED) is 0.912. The normalized spacial score (nSPS) is 24.0. The molecular formula is C13H16BrNO3S. The molecule has 1 amide bonds. The van der Waals surface area contributed by atoms with Crippen LogP contribution in [0, 0.1) is 17.3 Å². The van der Waals surface area contributed by atoms with E-state index in [0.29, 0.717) is 6.54 Å². The molecule has 0 aromatic carbocycles. The van der Waals surface area contributed by atoms with Crippen molar-refractivity contribution in [2.75, 3.05) is 7.05 Å². The summed E-state index contributed by atoms with van der Waals surface area (Å²) in [6.07, 6.45) is 0. The van der Waals surface area contributed by atoms with Crippen molar-refractivity contribution in [2.24, 2.45) is 17.3 Å². The lowest BCUT2D eigenvalue weighted by Crippen LogP contribution is -2.29. The lowest BCUT2D eigenvalue weighted by molar-refractivity contribution is -0.141. The van der Waals surface area contributed by atoms with E-state index in [4.69, 9.17) is 5.11 Å². The highest BCUT2D eigenvalue weighted by molar-refractivity contribution is 9.11. The molecule has 0 radical (unpaired) electrons. The standard InChI is InChI=1S/C13H16BrNO3S/c1-13(2)9(10(13)12(17)18)11(16)15(3)5-7-4-8(14)19-6-7/h4,6,9-10H,5H2,1-3H3,(H,17,18)/t9-,10+/m0/s1. The van der Waals surface area contributed by atoms with Crippen LogP contribution in [0.15, 0.2) is 15.2 Å². The second kappa shape index (κ2) is 4.90. The minimum absolute atomic E-state index is 0.0836. The lowest BCUT2D eigenvalue weighted by Gasteiger charge is -2.17. The van der Waals surface area contributed by atoms with E-state index in [0.717, 1.165) is 9.35 Å². The van der Waals surface area contributed by atoms with E-state index in [1.54, 1.807) is 23.3 Å². The van der Waals surface area contributed by atoms with Crippen LogP contribution >= 0.6 is 27.3 Å². The molecule has 6 heteroatoms. The monoisotopic (exact) mass is 345 g/mol. The van der Waals surface area contributed by atoms with E-state index < -0.39 is 23.2 Å². The zero-order chi connectivity index (χ0) is 14.4. The summed E-state index contributed by atoms with van der Waals surface area (Å²) in [5, 5.41) is 11.1. The second-order valence-electron chi connectivity index (χ2n) is 5.57. The maximum atomic E-state index is 12.3. The molecule has 0 bridgehead atoms. The SMILES string of the molecule is CN(Cc1csc(Br)c1)C(=O)[C@@H]1[C@H](C(=O)O)C1(C)C. The van der Waals surface area contributed by atoms with Crippen LogP contribution in [0.2, 0.25) is 0 Å². The number of carbonyl (C=O) groups is 2. The predicted molar refractivity (Wildman–Crippen MR) is 76.9 cm³/mol. The van der Waals surface area contributed by atoms with E-state index in [-0.39, 0.29) is 5.91 Å². The van der Waals surface area contributed by atoms with Crippen LogP contribution < -0.4 is 0 Å². The molecule has 0 unspecified atom stereocenters. The molecule has 1 saturated carbocycles. The van der Waals surface area contributed by atoms with Crippen molar-refractivity contribution in [3.63, 3.8) is 0 Å². The number of hydrogen-bond donors (Lipinski definition) is 1. The molecule has 19 heavy (non-hydrogen) atoms. The van der Waals surface area contributed by atoms with Gasteiger partial charge in [0, 0.05) is 13.6 Å². The Balaban J connectivity index is 2.03. The Hall–Kier alpha value is -0.880. The summed E-state index contributed by atoms with van der Waals surface area (Å²) in [4.78, 5) is 25.0. The van der Waals surface area contributed by atoms with Crippen molar-refractivity contribution >= 4 is 39.1 Å². The Morgan fingerprint density at radius 1 is 1.47 bits per heavy atom. The van der Waals surface area contributed by atoms with E-state index in [9.17, 15) is 9.59 Å². The van der Waals surface area contributed by atoms with Gasteiger partial charge in [0.25, 0.3) is 0 Å². The third kappa shape index (κ3) is 2.69. The Kier molecular flexibility index (Phi) is 3.75. The molecule has 1 heterocycles. The van der Waals surface area contributed by atoms with Crippen molar-refractivity contribution in [2.45, 2.75) is 20.4 Å². The number of rotatable bonds is 4. The third-order valence-electron chi connectivity index (χ3n) is 3.78. The minimum atomic E-state index is -0.880. The molecule has 1 fully saturated rings. The van der Waals surface area contributed by atoms with Gasteiger partial charge in [-0.05, 0) is 38.4 Å². The molecule has 1 aliphatic carbocycles. The van der Waals surface area contributed by atoms with Crippen LogP contribution in [0.3, 0.4) is 0 Å². The third-order valence-corrected chi connectivity index (χ3v) is 5.33. The summed E-state index contributed by atoms with van der Waals surface area (Å²) < 4.78 is 1.03. The summed E-state index contributed by atoms with van der Waals surface area (Å²) >= 11 is 4.96. The van der Waals surface area contributed by atoms with E-state index in [1.165, 1.54) is 0 Å². The fraction of sp³-hybridized carbons (Fsp3) is 0.538. The number of hydrogen-bond acceptors (Lipinski definition) is 3. The van der Waals surface area contributed by atoms with Gasteiger partial charge in [0.1, 0.15) is 0 Å². The Morgan fingerprint density at radius 2 is 2.11 bits per heavy atom. The highest BCUT2D eigenvalue weighted by Gasteiger charge is 2.66. The first-order valence-electron chi connectivity index (χ1n) is 5.96. The fourth-order valence-corrected chi connectivity index (χ4v) is 3.78. The smallest absolute Gasteiger partial charge is 0.307 e. The highest BCUT2D eigenvalue weighted by Crippen LogP contribution is 2.59. The molecule has 1 aliphatic rings. The number of nitrogens with zero attached hydrogens (tertiary/aromatic N) is 1. The topological polar surface area (TPSA) is 57.6 Å². The van der Waals surface area contributed by atoms with Crippen LogP contribution in [-0.2, 0) is 16.1 Å². The van der Waals surface area contributed by atoms with Gasteiger partial charge in [0.2, 0.25) is 5.91 Å². The van der Waals surface area contributed by atoms with Crippen molar-refractivity contribution in [1.29, 1.82) is 0 Å². The van der Waals surface area contributed by atoms with Gasteiger partial charge in [0.05, 0.1) is 15.6 Å². The summed E-state index contributed by atoms with van der Waals surface area (Å²) in [6, 6.07) is 1.97. The summed E-state index contributed by atoms with van der Waals surface area (Å²) in [5.41, 5.74) is 0.616.